The molecule has 1 N–H and O–H groups in total. The maximum absolute atomic E-state index is 11.9. The van der Waals surface area contributed by atoms with Crippen molar-refractivity contribution in [2.75, 3.05) is 0 Å². The molecule has 80 valence electrons. The molecule has 0 aromatic carbocycles. The standard InChI is InChI=1S/C6H5F5N2O/c7-5(8)14-2-3-1-4(13-12-3)6(9,10)11/h1,5H,2H2,(H,12,13). The Labute approximate surface area is 74.9 Å². The van der Waals surface area contributed by atoms with Crippen molar-refractivity contribution in [1.82, 2.24) is 10.2 Å². The molecule has 0 saturated carbocycles. The van der Waals surface area contributed by atoms with Gasteiger partial charge in [0.2, 0.25) is 0 Å². The third-order valence-electron chi connectivity index (χ3n) is 1.29. The smallest absolute Gasteiger partial charge is 0.317 e. The molecule has 1 aromatic heterocycles. The van der Waals surface area contributed by atoms with Crippen LogP contribution in [-0.2, 0) is 17.5 Å². The fourth-order valence-corrected chi connectivity index (χ4v) is 0.734. The van der Waals surface area contributed by atoms with Gasteiger partial charge in [-0.15, -0.1) is 0 Å². The molecule has 0 aliphatic carbocycles. The average Bonchev–Trinajstić information content (AvgIpc) is 2.47. The Morgan fingerprint density at radius 1 is 1.43 bits per heavy atom. The van der Waals surface area contributed by atoms with Crippen molar-refractivity contribution >= 4 is 0 Å². The first-order chi connectivity index (χ1) is 6.39. The summed E-state index contributed by atoms with van der Waals surface area (Å²) in [5.41, 5.74) is -1.32. The van der Waals surface area contributed by atoms with Crippen LogP contribution in [0.1, 0.15) is 11.4 Å². The number of halogens is 5. The van der Waals surface area contributed by atoms with Gasteiger partial charge in [-0.05, 0) is 6.07 Å². The summed E-state index contributed by atoms with van der Waals surface area (Å²) in [6.45, 7) is -3.66. The Balaban J connectivity index is 2.60. The molecule has 1 heterocycles. The van der Waals surface area contributed by atoms with Crippen molar-refractivity contribution in [1.29, 1.82) is 0 Å². The fraction of sp³-hybridized carbons (Fsp3) is 0.500. The van der Waals surface area contributed by atoms with Crippen LogP contribution in [0.2, 0.25) is 0 Å². The summed E-state index contributed by atoms with van der Waals surface area (Å²) < 4.78 is 62.5. The Bertz CT molecular complexity index is 295. The Hall–Kier alpha value is -1.18. The fourth-order valence-electron chi connectivity index (χ4n) is 0.734. The van der Waals surface area contributed by atoms with Crippen LogP contribution in [0.25, 0.3) is 0 Å². The molecule has 0 spiro atoms. The second kappa shape index (κ2) is 3.91. The summed E-state index contributed by atoms with van der Waals surface area (Å²) in [7, 11) is 0. The van der Waals surface area contributed by atoms with Crippen LogP contribution >= 0.6 is 0 Å². The van der Waals surface area contributed by atoms with E-state index in [2.05, 4.69) is 9.84 Å². The number of ether oxygens (including phenoxy) is 1. The van der Waals surface area contributed by atoms with E-state index in [1.165, 1.54) is 0 Å². The number of H-pyrrole nitrogens is 1. The summed E-state index contributed by atoms with van der Waals surface area (Å²) in [4.78, 5) is 0. The van der Waals surface area contributed by atoms with Gasteiger partial charge in [0.1, 0.15) is 0 Å². The summed E-state index contributed by atoms with van der Waals surface area (Å²) in [5, 5.41) is 4.83. The summed E-state index contributed by atoms with van der Waals surface area (Å²) in [6, 6.07) is 0.613. The third kappa shape index (κ3) is 2.95. The molecule has 1 aromatic rings. The van der Waals surface area contributed by atoms with E-state index in [-0.39, 0.29) is 5.69 Å². The maximum Gasteiger partial charge on any atom is 0.435 e. The van der Waals surface area contributed by atoms with Gasteiger partial charge >= 0.3 is 12.8 Å². The number of nitrogens with one attached hydrogen (secondary N) is 1. The molecule has 0 aliphatic rings. The Morgan fingerprint density at radius 3 is 2.50 bits per heavy atom. The van der Waals surface area contributed by atoms with Crippen LogP contribution in [0.5, 0.6) is 0 Å². The summed E-state index contributed by atoms with van der Waals surface area (Å²) >= 11 is 0. The van der Waals surface area contributed by atoms with Gasteiger partial charge in [0, 0.05) is 0 Å². The van der Waals surface area contributed by atoms with E-state index in [4.69, 9.17) is 0 Å². The van der Waals surface area contributed by atoms with Gasteiger partial charge in [0.15, 0.2) is 5.69 Å². The molecular weight excluding hydrogens is 211 g/mol. The Morgan fingerprint density at radius 2 is 2.07 bits per heavy atom. The molecule has 0 unspecified atom stereocenters. The topological polar surface area (TPSA) is 37.9 Å². The normalized spacial score (nSPS) is 12.4. The molecule has 0 atom stereocenters. The zero-order chi connectivity index (χ0) is 10.8. The zero-order valence-corrected chi connectivity index (χ0v) is 6.61. The monoisotopic (exact) mass is 216 g/mol. The number of aromatic amines is 1. The minimum absolute atomic E-state index is 0.155. The van der Waals surface area contributed by atoms with E-state index in [9.17, 15) is 22.0 Å². The lowest BCUT2D eigenvalue weighted by Gasteiger charge is -1.99. The number of alkyl halides is 5. The van der Waals surface area contributed by atoms with Gasteiger partial charge in [-0.2, -0.15) is 27.1 Å². The van der Waals surface area contributed by atoms with Gasteiger partial charge in [-0.25, -0.2) is 0 Å². The van der Waals surface area contributed by atoms with Crippen molar-refractivity contribution in [2.24, 2.45) is 0 Å². The predicted molar refractivity (Wildman–Crippen MR) is 34.4 cm³/mol. The van der Waals surface area contributed by atoms with E-state index >= 15 is 0 Å². The minimum Gasteiger partial charge on any atom is -0.317 e. The van der Waals surface area contributed by atoms with Crippen molar-refractivity contribution in [2.45, 2.75) is 19.4 Å². The van der Waals surface area contributed by atoms with Crippen molar-refractivity contribution < 1.29 is 26.7 Å². The van der Waals surface area contributed by atoms with E-state index in [0.29, 0.717) is 6.07 Å². The van der Waals surface area contributed by atoms with Gasteiger partial charge < -0.3 is 4.74 Å². The van der Waals surface area contributed by atoms with Gasteiger partial charge in [-0.1, -0.05) is 0 Å². The largest absolute Gasteiger partial charge is 0.435 e. The first-order valence-electron chi connectivity index (χ1n) is 3.41. The van der Waals surface area contributed by atoms with Crippen LogP contribution in [0.15, 0.2) is 6.07 Å². The number of hydrogen-bond acceptors (Lipinski definition) is 2. The zero-order valence-electron chi connectivity index (χ0n) is 6.61. The van der Waals surface area contributed by atoms with Crippen LogP contribution in [0, 0.1) is 0 Å². The van der Waals surface area contributed by atoms with E-state index in [1.54, 1.807) is 0 Å². The second-order valence-electron chi connectivity index (χ2n) is 2.35. The molecule has 3 nitrogen and oxygen atoms in total. The van der Waals surface area contributed by atoms with Crippen LogP contribution in [-0.4, -0.2) is 16.8 Å². The molecule has 0 saturated heterocycles. The summed E-state index contributed by atoms with van der Waals surface area (Å²) in [5.74, 6) is 0. The molecule has 0 bridgehead atoms. The van der Waals surface area contributed by atoms with Crippen molar-refractivity contribution in [3.63, 3.8) is 0 Å². The minimum atomic E-state index is -4.58. The molecular formula is C6H5F5N2O. The van der Waals surface area contributed by atoms with Crippen LogP contribution in [0.4, 0.5) is 22.0 Å². The van der Waals surface area contributed by atoms with E-state index in [1.807, 2.05) is 5.10 Å². The van der Waals surface area contributed by atoms with Crippen LogP contribution in [0.3, 0.4) is 0 Å². The first-order valence-corrected chi connectivity index (χ1v) is 3.41. The predicted octanol–water partition coefficient (Wildman–Crippen LogP) is 2.17. The average molecular weight is 216 g/mol. The number of aromatic nitrogens is 2. The van der Waals surface area contributed by atoms with E-state index < -0.39 is 25.1 Å². The third-order valence-corrected chi connectivity index (χ3v) is 1.29. The molecule has 1 rings (SSSR count). The lowest BCUT2D eigenvalue weighted by molar-refractivity contribution is -0.141. The highest BCUT2D eigenvalue weighted by molar-refractivity contribution is 5.10. The van der Waals surface area contributed by atoms with Gasteiger partial charge in [0.25, 0.3) is 0 Å². The number of rotatable bonds is 3. The van der Waals surface area contributed by atoms with Gasteiger partial charge in [0.05, 0.1) is 12.3 Å². The molecule has 0 radical (unpaired) electrons. The first kappa shape index (κ1) is 10.9. The molecule has 0 fully saturated rings. The maximum atomic E-state index is 11.9. The van der Waals surface area contributed by atoms with Gasteiger partial charge in [-0.3, -0.25) is 5.10 Å². The van der Waals surface area contributed by atoms with E-state index in [0.717, 1.165) is 0 Å². The van der Waals surface area contributed by atoms with Crippen molar-refractivity contribution in [3.05, 3.63) is 17.5 Å². The Kier molecular flexibility index (Phi) is 3.04. The molecule has 0 aliphatic heterocycles. The quantitative estimate of drug-likeness (QED) is 0.786. The van der Waals surface area contributed by atoms with Crippen LogP contribution < -0.4 is 0 Å². The number of nitrogens with zero attached hydrogens (tertiary/aromatic N) is 1. The lowest BCUT2D eigenvalue weighted by Crippen LogP contribution is -2.04. The molecule has 0 amide bonds. The highest BCUT2D eigenvalue weighted by Gasteiger charge is 2.33. The second-order valence-corrected chi connectivity index (χ2v) is 2.35. The lowest BCUT2D eigenvalue weighted by atomic mass is 10.3. The number of hydrogen-bond donors (Lipinski definition) is 1. The molecule has 8 heteroatoms. The highest BCUT2D eigenvalue weighted by Crippen LogP contribution is 2.27. The van der Waals surface area contributed by atoms with Crippen molar-refractivity contribution in [3.8, 4) is 0 Å². The molecule has 14 heavy (non-hydrogen) atoms. The highest BCUT2D eigenvalue weighted by atomic mass is 19.4. The summed E-state index contributed by atoms with van der Waals surface area (Å²) in [6.07, 6.45) is -4.58. The SMILES string of the molecule is FC(F)OCc1cc(C(F)(F)F)n[nH]1.